The Kier molecular flexibility index (Phi) is 10.1. The van der Waals surface area contributed by atoms with E-state index >= 15 is 0 Å². The molecule has 39 heavy (non-hydrogen) atoms. The quantitative estimate of drug-likeness (QED) is 0.300. The van der Waals surface area contributed by atoms with Crippen LogP contribution in [0.1, 0.15) is 75.7 Å². The topological polar surface area (TPSA) is 120 Å². The summed E-state index contributed by atoms with van der Waals surface area (Å²) in [6.07, 6.45) is 9.83. The molecule has 4 aliphatic rings. The van der Waals surface area contributed by atoms with E-state index in [0.29, 0.717) is 48.4 Å². The SMILES string of the molecule is N[C@H](C(=O)N[C@H]1CCCC[C@@H]1CC[C@H]1CN[C@@H]2CCCS(O)(O)N1C2)[C@@H](c1ccc(Cl)cc1)C1CCOCC1. The van der Waals surface area contributed by atoms with Gasteiger partial charge in [0.1, 0.15) is 0 Å². The van der Waals surface area contributed by atoms with Crippen LogP contribution in [0.2, 0.25) is 5.02 Å². The minimum atomic E-state index is -2.70. The van der Waals surface area contributed by atoms with E-state index in [1.165, 1.54) is 6.42 Å². The van der Waals surface area contributed by atoms with E-state index in [1.54, 1.807) is 0 Å². The average Bonchev–Trinajstić information content (AvgIpc) is 3.06. The summed E-state index contributed by atoms with van der Waals surface area (Å²) in [5.41, 5.74) is 7.83. The summed E-state index contributed by atoms with van der Waals surface area (Å²) in [6.45, 7) is 2.91. The lowest BCUT2D eigenvalue weighted by molar-refractivity contribution is -0.124. The Morgan fingerprint density at radius 3 is 2.62 bits per heavy atom. The molecule has 1 saturated carbocycles. The molecule has 1 amide bonds. The van der Waals surface area contributed by atoms with Crippen LogP contribution in [0, 0.1) is 11.8 Å². The molecule has 0 radical (unpaired) electrons. The second-order valence-corrected chi connectivity index (χ2v) is 14.7. The summed E-state index contributed by atoms with van der Waals surface area (Å²) in [5.74, 6) is 0.992. The van der Waals surface area contributed by atoms with E-state index in [2.05, 4.69) is 10.6 Å². The molecule has 220 valence electrons. The first-order valence-electron chi connectivity index (χ1n) is 15.0. The van der Waals surface area contributed by atoms with E-state index in [-0.39, 0.29) is 23.9 Å². The van der Waals surface area contributed by atoms with Crippen LogP contribution in [0.15, 0.2) is 24.3 Å². The molecule has 0 aromatic heterocycles. The molecule has 6 N–H and O–H groups in total. The van der Waals surface area contributed by atoms with Gasteiger partial charge in [-0.1, -0.05) is 36.6 Å². The van der Waals surface area contributed by atoms with Crippen molar-refractivity contribution in [2.24, 2.45) is 17.6 Å². The first-order chi connectivity index (χ1) is 18.8. The van der Waals surface area contributed by atoms with Crippen molar-refractivity contribution < 1.29 is 18.6 Å². The van der Waals surface area contributed by atoms with Gasteiger partial charge in [0.2, 0.25) is 5.91 Å². The highest BCUT2D eigenvalue weighted by molar-refractivity contribution is 8.22. The number of piperazine rings is 1. The summed E-state index contributed by atoms with van der Waals surface area (Å²) in [4.78, 5) is 13.7. The number of hydrogen-bond donors (Lipinski definition) is 5. The number of amides is 1. The Morgan fingerprint density at radius 1 is 1.10 bits per heavy atom. The van der Waals surface area contributed by atoms with Crippen molar-refractivity contribution in [2.45, 2.75) is 94.3 Å². The fourth-order valence-electron chi connectivity index (χ4n) is 7.40. The highest BCUT2D eigenvalue weighted by Crippen LogP contribution is 2.49. The third-order valence-electron chi connectivity index (χ3n) is 9.62. The van der Waals surface area contributed by atoms with Crippen LogP contribution in [0.3, 0.4) is 0 Å². The zero-order valence-corrected chi connectivity index (χ0v) is 24.6. The maximum absolute atomic E-state index is 13.7. The molecule has 5 rings (SSSR count). The monoisotopic (exact) mass is 582 g/mol. The minimum Gasteiger partial charge on any atom is -0.381 e. The lowest BCUT2D eigenvalue weighted by Crippen LogP contribution is -2.56. The van der Waals surface area contributed by atoms with Gasteiger partial charge in [0.15, 0.2) is 0 Å². The summed E-state index contributed by atoms with van der Waals surface area (Å²) >= 11 is 6.16. The standard InChI is InChI=1S/C29H47ClN4O4S/c30-23-10-7-21(8-11-23)27(22-13-15-38-16-14-22)28(31)29(35)33-26-6-2-1-4-20(26)9-12-25-18-32-24-5-3-17-39(36,37)34(25)19-24/h7-8,10-11,20,22,24-28,32,36-37H,1-6,9,12-19,31H2,(H,33,35)/t20-,24-,25+,26+,27+,28+/m1/s1. The third kappa shape index (κ3) is 7.30. The molecule has 8 nitrogen and oxygen atoms in total. The zero-order valence-electron chi connectivity index (χ0n) is 23.0. The van der Waals surface area contributed by atoms with Gasteiger partial charge in [-0.2, -0.15) is 0 Å². The predicted octanol–water partition coefficient (Wildman–Crippen LogP) is 4.73. The van der Waals surface area contributed by atoms with Crippen LogP contribution < -0.4 is 16.4 Å². The molecule has 2 bridgehead atoms. The summed E-state index contributed by atoms with van der Waals surface area (Å²) in [6, 6.07) is 7.71. The smallest absolute Gasteiger partial charge is 0.237 e. The van der Waals surface area contributed by atoms with Crippen LogP contribution in [0.4, 0.5) is 0 Å². The van der Waals surface area contributed by atoms with Crippen molar-refractivity contribution in [1.29, 1.82) is 0 Å². The van der Waals surface area contributed by atoms with E-state index < -0.39 is 16.8 Å². The van der Waals surface area contributed by atoms with Crippen LogP contribution in [0.5, 0.6) is 0 Å². The molecule has 0 spiro atoms. The summed E-state index contributed by atoms with van der Waals surface area (Å²) in [5, 5.41) is 7.69. The normalized spacial score (nSPS) is 33.9. The van der Waals surface area contributed by atoms with E-state index in [0.717, 1.165) is 69.9 Å². The largest absolute Gasteiger partial charge is 0.381 e. The van der Waals surface area contributed by atoms with Crippen LogP contribution >= 0.6 is 22.4 Å². The Morgan fingerprint density at radius 2 is 1.85 bits per heavy atom. The van der Waals surface area contributed by atoms with Gasteiger partial charge >= 0.3 is 0 Å². The number of nitrogens with one attached hydrogen (secondary N) is 2. The van der Waals surface area contributed by atoms with Gasteiger partial charge in [-0.25, -0.2) is 4.31 Å². The molecule has 3 heterocycles. The molecule has 10 heteroatoms. The number of nitrogens with two attached hydrogens (primary N) is 1. The van der Waals surface area contributed by atoms with Crippen molar-refractivity contribution in [3.8, 4) is 0 Å². The number of ether oxygens (including phenoxy) is 1. The van der Waals surface area contributed by atoms with Crippen LogP contribution in [0.25, 0.3) is 0 Å². The number of hydrogen-bond acceptors (Lipinski definition) is 7. The lowest BCUT2D eigenvalue weighted by Gasteiger charge is -2.49. The second-order valence-electron chi connectivity index (χ2n) is 12.1. The number of carbonyl (C=O) groups is 1. The molecule has 1 aliphatic carbocycles. The Bertz CT molecular complexity index is 948. The molecular weight excluding hydrogens is 536 g/mol. The first-order valence-corrected chi connectivity index (χ1v) is 17.0. The maximum atomic E-state index is 13.7. The molecular formula is C29H47ClN4O4S. The van der Waals surface area contributed by atoms with Crippen molar-refractivity contribution in [1.82, 2.24) is 14.9 Å². The fraction of sp³-hybridized carbons (Fsp3) is 0.759. The Hall–Kier alpha value is -0.910. The Labute approximate surface area is 240 Å². The van der Waals surface area contributed by atoms with E-state index in [4.69, 9.17) is 22.1 Å². The molecule has 3 aliphatic heterocycles. The minimum absolute atomic E-state index is 0.0674. The van der Waals surface area contributed by atoms with Gasteiger partial charge in [0.25, 0.3) is 0 Å². The zero-order chi connectivity index (χ0) is 27.4. The van der Waals surface area contributed by atoms with Crippen molar-refractivity contribution in [3.05, 3.63) is 34.9 Å². The average molecular weight is 583 g/mol. The lowest BCUT2D eigenvalue weighted by atomic mass is 9.76. The summed E-state index contributed by atoms with van der Waals surface area (Å²) < 4.78 is 29.3. The van der Waals surface area contributed by atoms with Gasteiger partial charge in [-0.3, -0.25) is 13.9 Å². The molecule has 7 atom stereocenters. The predicted molar refractivity (Wildman–Crippen MR) is 158 cm³/mol. The van der Waals surface area contributed by atoms with Crippen LogP contribution in [-0.2, 0) is 9.53 Å². The van der Waals surface area contributed by atoms with Crippen LogP contribution in [-0.4, -0.2) is 75.5 Å². The first kappa shape index (κ1) is 29.6. The van der Waals surface area contributed by atoms with Gasteiger partial charge in [0, 0.05) is 55.4 Å². The Balaban J connectivity index is 1.23. The molecule has 4 fully saturated rings. The number of nitrogens with zero attached hydrogens (tertiary/aromatic N) is 1. The van der Waals surface area contributed by atoms with Gasteiger partial charge < -0.3 is 21.1 Å². The van der Waals surface area contributed by atoms with Gasteiger partial charge in [-0.05, 0) is 80.9 Å². The number of halogens is 1. The highest BCUT2D eigenvalue weighted by Gasteiger charge is 2.40. The highest BCUT2D eigenvalue weighted by atomic mass is 35.5. The number of benzene rings is 1. The molecule has 1 unspecified atom stereocenters. The second kappa shape index (κ2) is 13.4. The maximum Gasteiger partial charge on any atom is 0.237 e. The number of fused-ring (bicyclic) bond motifs is 2. The number of rotatable bonds is 8. The van der Waals surface area contributed by atoms with Crippen molar-refractivity contribution >= 4 is 28.3 Å². The van der Waals surface area contributed by atoms with Crippen molar-refractivity contribution in [3.63, 3.8) is 0 Å². The molecule has 1 aromatic carbocycles. The van der Waals surface area contributed by atoms with Crippen molar-refractivity contribution in [2.75, 3.05) is 32.1 Å². The summed E-state index contributed by atoms with van der Waals surface area (Å²) in [7, 11) is -2.70. The molecule has 1 aromatic rings. The third-order valence-corrected chi connectivity index (χ3v) is 11.9. The number of carbonyl (C=O) groups excluding carboxylic acids is 1. The van der Waals surface area contributed by atoms with Gasteiger partial charge in [0.05, 0.1) is 11.8 Å². The van der Waals surface area contributed by atoms with E-state index in [1.807, 2.05) is 28.6 Å². The van der Waals surface area contributed by atoms with E-state index in [9.17, 15) is 13.9 Å². The fourth-order valence-corrected chi connectivity index (χ4v) is 9.39. The van der Waals surface area contributed by atoms with Gasteiger partial charge in [-0.15, -0.1) is 10.8 Å². The molecule has 3 saturated heterocycles.